The molecular formula is C31H28FN7O2. The van der Waals surface area contributed by atoms with Gasteiger partial charge in [0.15, 0.2) is 17.2 Å². The Labute approximate surface area is 235 Å². The molecule has 3 heterocycles. The lowest BCUT2D eigenvalue weighted by molar-refractivity contribution is 0.231. The van der Waals surface area contributed by atoms with E-state index < -0.39 is 5.82 Å². The van der Waals surface area contributed by atoms with E-state index in [9.17, 15) is 9.18 Å². The fourth-order valence-electron chi connectivity index (χ4n) is 4.96. The molecule has 0 atom stereocenters. The lowest BCUT2D eigenvalue weighted by atomic mass is 10.1. The average Bonchev–Trinajstić information content (AvgIpc) is 3.34. The molecule has 0 aliphatic heterocycles. The van der Waals surface area contributed by atoms with Crippen molar-refractivity contribution in [1.29, 1.82) is 0 Å². The van der Waals surface area contributed by atoms with Crippen LogP contribution in [-0.4, -0.2) is 35.4 Å². The minimum absolute atomic E-state index is 0.115. The number of halogens is 1. The summed E-state index contributed by atoms with van der Waals surface area (Å²) in [5.41, 5.74) is 9.10. The van der Waals surface area contributed by atoms with Crippen molar-refractivity contribution in [2.45, 2.75) is 39.3 Å². The van der Waals surface area contributed by atoms with Crippen molar-refractivity contribution in [1.82, 2.24) is 29.3 Å². The Bertz CT molecular complexity index is 1930. The quantitative estimate of drug-likeness (QED) is 0.273. The average molecular weight is 550 g/mol. The molecule has 0 fully saturated rings. The van der Waals surface area contributed by atoms with Gasteiger partial charge >= 0.3 is 0 Å². The van der Waals surface area contributed by atoms with Crippen molar-refractivity contribution in [2.75, 3.05) is 5.73 Å². The maximum atomic E-state index is 14.9. The van der Waals surface area contributed by atoms with Gasteiger partial charge in [0.1, 0.15) is 23.7 Å². The summed E-state index contributed by atoms with van der Waals surface area (Å²) in [5, 5.41) is 5.88. The van der Waals surface area contributed by atoms with Gasteiger partial charge in [0.2, 0.25) is 0 Å². The number of anilines is 1. The minimum atomic E-state index is -0.490. The molecule has 0 bridgehead atoms. The van der Waals surface area contributed by atoms with E-state index in [0.29, 0.717) is 58.4 Å². The second-order valence-corrected chi connectivity index (χ2v) is 9.97. The van der Waals surface area contributed by atoms with Gasteiger partial charge < -0.3 is 10.5 Å². The number of aryl methyl sites for hydroxylation is 2. The molecule has 2 N–H and O–H groups in total. The first-order chi connectivity index (χ1) is 19.9. The van der Waals surface area contributed by atoms with Crippen LogP contribution in [0.25, 0.3) is 38.9 Å². The van der Waals surface area contributed by atoms with E-state index in [1.165, 1.54) is 12.4 Å². The van der Waals surface area contributed by atoms with Crippen LogP contribution in [0.5, 0.6) is 5.75 Å². The molecule has 6 aromatic rings. The zero-order valence-electron chi connectivity index (χ0n) is 22.7. The first kappa shape index (κ1) is 26.1. The summed E-state index contributed by atoms with van der Waals surface area (Å²) in [6, 6.07) is 21.6. The predicted molar refractivity (Wildman–Crippen MR) is 157 cm³/mol. The van der Waals surface area contributed by atoms with Crippen molar-refractivity contribution in [3.05, 3.63) is 101 Å². The van der Waals surface area contributed by atoms with Crippen molar-refractivity contribution in [3.8, 4) is 22.7 Å². The molecule has 3 aromatic heterocycles. The van der Waals surface area contributed by atoms with Crippen molar-refractivity contribution >= 4 is 27.8 Å². The molecule has 0 saturated carbocycles. The van der Waals surface area contributed by atoms with Crippen LogP contribution in [0.3, 0.4) is 0 Å². The number of hydrogen-bond acceptors (Lipinski definition) is 7. The Morgan fingerprint density at radius 3 is 2.56 bits per heavy atom. The third kappa shape index (κ3) is 5.00. The summed E-state index contributed by atoms with van der Waals surface area (Å²) in [5.74, 6) is 0.585. The molecule has 0 unspecified atom stereocenters. The normalized spacial score (nSPS) is 11.5. The third-order valence-electron chi connectivity index (χ3n) is 6.76. The van der Waals surface area contributed by atoms with E-state index in [2.05, 4.69) is 9.97 Å². The van der Waals surface area contributed by atoms with Gasteiger partial charge in [-0.1, -0.05) is 30.3 Å². The summed E-state index contributed by atoms with van der Waals surface area (Å²) >= 11 is 0. The largest absolute Gasteiger partial charge is 0.488 e. The molecule has 41 heavy (non-hydrogen) atoms. The maximum absolute atomic E-state index is 14.9. The SMILES string of the molecule is CC(C)Oc1ccc(-c2nn(CCCc3nc4ccccc4c(=O)n3-c3ccccc3)c3ncnc(N)c23)cc1F. The van der Waals surface area contributed by atoms with Gasteiger partial charge in [0, 0.05) is 18.5 Å². The molecule has 206 valence electrons. The highest BCUT2D eigenvalue weighted by atomic mass is 19.1. The van der Waals surface area contributed by atoms with Gasteiger partial charge in [-0.05, 0) is 62.7 Å². The van der Waals surface area contributed by atoms with Gasteiger partial charge in [-0.2, -0.15) is 5.10 Å². The van der Waals surface area contributed by atoms with Crippen LogP contribution in [0.1, 0.15) is 26.1 Å². The number of para-hydroxylation sites is 2. The second-order valence-electron chi connectivity index (χ2n) is 9.97. The zero-order chi connectivity index (χ0) is 28.5. The van der Waals surface area contributed by atoms with E-state index in [-0.39, 0.29) is 23.2 Å². The summed E-state index contributed by atoms with van der Waals surface area (Å²) in [7, 11) is 0. The van der Waals surface area contributed by atoms with Crippen LogP contribution in [0.2, 0.25) is 0 Å². The minimum Gasteiger partial charge on any atom is -0.488 e. The highest BCUT2D eigenvalue weighted by molar-refractivity contribution is 5.98. The predicted octanol–water partition coefficient (Wildman–Crippen LogP) is 5.33. The number of nitrogens with two attached hydrogens (primary N) is 1. The van der Waals surface area contributed by atoms with Crippen LogP contribution in [0.15, 0.2) is 83.9 Å². The summed E-state index contributed by atoms with van der Waals surface area (Å²) in [6.07, 6.45) is 2.34. The number of fused-ring (bicyclic) bond motifs is 2. The number of nitrogens with zero attached hydrogens (tertiary/aromatic N) is 6. The van der Waals surface area contributed by atoms with E-state index in [1.807, 2.05) is 62.4 Å². The van der Waals surface area contributed by atoms with Crippen molar-refractivity contribution in [2.24, 2.45) is 0 Å². The second kappa shape index (κ2) is 10.8. The molecule has 0 radical (unpaired) electrons. The van der Waals surface area contributed by atoms with E-state index in [4.69, 9.17) is 20.6 Å². The molecule has 0 spiro atoms. The number of aromatic nitrogens is 6. The molecule has 3 aromatic carbocycles. The Balaban J connectivity index is 1.34. The van der Waals surface area contributed by atoms with Gasteiger partial charge in [-0.25, -0.2) is 24.0 Å². The monoisotopic (exact) mass is 549 g/mol. The van der Waals surface area contributed by atoms with E-state index >= 15 is 0 Å². The standard InChI is InChI=1S/C31H28FN7O2/c1-19(2)41-25-15-14-20(17-23(25)32)28-27-29(33)34-18-35-30(27)38(37-28)16-8-13-26-36-24-12-7-6-11-22(24)31(40)39(26)21-9-4-3-5-10-21/h3-7,9-12,14-15,17-19H,8,13,16H2,1-2H3,(H2,33,34,35). The molecular weight excluding hydrogens is 521 g/mol. The molecule has 9 nitrogen and oxygen atoms in total. The van der Waals surface area contributed by atoms with Crippen LogP contribution in [0, 0.1) is 5.82 Å². The Morgan fingerprint density at radius 1 is 1.00 bits per heavy atom. The van der Waals surface area contributed by atoms with Gasteiger partial charge in [0.25, 0.3) is 5.56 Å². The van der Waals surface area contributed by atoms with Crippen LogP contribution >= 0.6 is 0 Å². The zero-order valence-corrected chi connectivity index (χ0v) is 22.7. The molecule has 10 heteroatoms. The lowest BCUT2D eigenvalue weighted by Crippen LogP contribution is -2.24. The van der Waals surface area contributed by atoms with Crippen molar-refractivity contribution in [3.63, 3.8) is 0 Å². The van der Waals surface area contributed by atoms with E-state index in [0.717, 1.165) is 5.69 Å². The number of rotatable bonds is 8. The third-order valence-corrected chi connectivity index (χ3v) is 6.76. The van der Waals surface area contributed by atoms with Crippen LogP contribution in [0.4, 0.5) is 10.2 Å². The number of benzene rings is 3. The fraction of sp³-hybridized carbons (Fsp3) is 0.194. The highest BCUT2D eigenvalue weighted by Crippen LogP contribution is 2.32. The van der Waals surface area contributed by atoms with Crippen LogP contribution in [-0.2, 0) is 13.0 Å². The lowest BCUT2D eigenvalue weighted by Gasteiger charge is -2.14. The highest BCUT2D eigenvalue weighted by Gasteiger charge is 2.19. The fourth-order valence-corrected chi connectivity index (χ4v) is 4.96. The van der Waals surface area contributed by atoms with Crippen molar-refractivity contribution < 1.29 is 9.13 Å². The summed E-state index contributed by atoms with van der Waals surface area (Å²) < 4.78 is 23.8. The van der Waals surface area contributed by atoms with Gasteiger partial charge in [-0.3, -0.25) is 9.36 Å². The number of ether oxygens (including phenoxy) is 1. The molecule has 0 saturated heterocycles. The molecule has 0 aliphatic carbocycles. The van der Waals surface area contributed by atoms with E-state index in [1.54, 1.807) is 27.4 Å². The summed E-state index contributed by atoms with van der Waals surface area (Å²) in [6.45, 7) is 4.14. The Kier molecular flexibility index (Phi) is 6.88. The maximum Gasteiger partial charge on any atom is 0.265 e. The van der Waals surface area contributed by atoms with Gasteiger partial charge in [-0.15, -0.1) is 0 Å². The number of hydrogen-bond donors (Lipinski definition) is 1. The Morgan fingerprint density at radius 2 is 1.78 bits per heavy atom. The first-order valence-electron chi connectivity index (χ1n) is 13.4. The van der Waals surface area contributed by atoms with Crippen LogP contribution < -0.4 is 16.0 Å². The summed E-state index contributed by atoms with van der Waals surface area (Å²) in [4.78, 5) is 26.9. The topological polar surface area (TPSA) is 114 Å². The molecule has 0 aliphatic rings. The molecule has 0 amide bonds. The molecule has 6 rings (SSSR count). The first-order valence-corrected chi connectivity index (χ1v) is 13.4. The number of nitrogen functional groups attached to an aromatic ring is 1. The smallest absolute Gasteiger partial charge is 0.265 e. The Hall–Kier alpha value is -5.12. The van der Waals surface area contributed by atoms with Gasteiger partial charge in [0.05, 0.1) is 28.1 Å².